The predicted molar refractivity (Wildman–Crippen MR) is 72.6 cm³/mol. The molecule has 0 aromatic carbocycles. The van der Waals surface area contributed by atoms with Crippen LogP contribution >= 0.6 is 0 Å². The van der Waals surface area contributed by atoms with Gasteiger partial charge in [0.15, 0.2) is 23.3 Å². The van der Waals surface area contributed by atoms with Crippen molar-refractivity contribution in [1.29, 1.82) is 0 Å². The van der Waals surface area contributed by atoms with Crippen LogP contribution in [-0.2, 0) is 4.79 Å². The zero-order valence-electron chi connectivity index (χ0n) is 11.3. The number of hydrogen-bond donors (Lipinski definition) is 3. The molecule has 0 spiro atoms. The second-order valence-electron chi connectivity index (χ2n) is 4.71. The standard InChI is InChI=1S/C13H18F2N4O/c1-2-5-16-11-8(14)7-9(15)12(19-11)18-10-4-3-6-17-13(10)20/h7,10H,2-6H2,1H3,(H,17,20)(H2,16,18,19). The Kier molecular flexibility index (Phi) is 4.70. The van der Waals surface area contributed by atoms with Crippen molar-refractivity contribution in [1.82, 2.24) is 10.3 Å². The van der Waals surface area contributed by atoms with Crippen LogP contribution in [0.5, 0.6) is 0 Å². The highest BCUT2D eigenvalue weighted by Gasteiger charge is 2.24. The average molecular weight is 284 g/mol. The maximum Gasteiger partial charge on any atom is 0.242 e. The Labute approximate surface area is 116 Å². The van der Waals surface area contributed by atoms with E-state index in [0.29, 0.717) is 19.5 Å². The lowest BCUT2D eigenvalue weighted by molar-refractivity contribution is -0.123. The van der Waals surface area contributed by atoms with E-state index in [1.54, 1.807) is 0 Å². The summed E-state index contributed by atoms with van der Waals surface area (Å²) in [7, 11) is 0. The van der Waals surface area contributed by atoms with Crippen LogP contribution in [0.4, 0.5) is 20.4 Å². The first-order valence-electron chi connectivity index (χ1n) is 6.76. The lowest BCUT2D eigenvalue weighted by Crippen LogP contribution is -2.44. The van der Waals surface area contributed by atoms with Crippen molar-refractivity contribution in [2.45, 2.75) is 32.2 Å². The summed E-state index contributed by atoms with van der Waals surface area (Å²) in [6.07, 6.45) is 2.21. The van der Waals surface area contributed by atoms with Gasteiger partial charge in [0, 0.05) is 19.2 Å². The fourth-order valence-corrected chi connectivity index (χ4v) is 2.01. The molecule has 0 bridgehead atoms. The number of carbonyl (C=O) groups is 1. The van der Waals surface area contributed by atoms with Crippen molar-refractivity contribution in [2.24, 2.45) is 0 Å². The zero-order chi connectivity index (χ0) is 14.5. The maximum atomic E-state index is 13.7. The Hall–Kier alpha value is -1.92. The van der Waals surface area contributed by atoms with E-state index in [0.717, 1.165) is 18.9 Å². The van der Waals surface area contributed by atoms with Crippen molar-refractivity contribution < 1.29 is 13.6 Å². The Bertz CT molecular complexity index is 496. The number of rotatable bonds is 5. The first-order chi connectivity index (χ1) is 9.61. The molecule has 1 saturated heterocycles. The van der Waals surface area contributed by atoms with Crippen LogP contribution in [0, 0.1) is 11.6 Å². The van der Waals surface area contributed by atoms with Gasteiger partial charge in [-0.25, -0.2) is 13.8 Å². The van der Waals surface area contributed by atoms with Gasteiger partial charge in [-0.1, -0.05) is 6.92 Å². The fourth-order valence-electron chi connectivity index (χ4n) is 2.01. The van der Waals surface area contributed by atoms with Gasteiger partial charge in [0.2, 0.25) is 5.91 Å². The summed E-state index contributed by atoms with van der Waals surface area (Å²) >= 11 is 0. The molecule has 3 N–H and O–H groups in total. The van der Waals surface area contributed by atoms with Crippen LogP contribution in [-0.4, -0.2) is 30.0 Å². The number of nitrogens with zero attached hydrogens (tertiary/aromatic N) is 1. The quantitative estimate of drug-likeness (QED) is 0.772. The number of pyridine rings is 1. The Morgan fingerprint density at radius 3 is 2.85 bits per heavy atom. The summed E-state index contributed by atoms with van der Waals surface area (Å²) < 4.78 is 27.2. The molecule has 0 aliphatic carbocycles. The molecule has 1 aliphatic heterocycles. The number of hydrogen-bond acceptors (Lipinski definition) is 4. The van der Waals surface area contributed by atoms with Gasteiger partial charge in [-0.15, -0.1) is 0 Å². The van der Waals surface area contributed by atoms with Gasteiger partial charge in [-0.2, -0.15) is 0 Å². The van der Waals surface area contributed by atoms with Gasteiger partial charge in [0.1, 0.15) is 6.04 Å². The van der Waals surface area contributed by atoms with Crippen molar-refractivity contribution in [3.05, 3.63) is 17.7 Å². The molecular formula is C13H18F2N4O. The van der Waals surface area contributed by atoms with Gasteiger partial charge in [0.25, 0.3) is 0 Å². The van der Waals surface area contributed by atoms with E-state index in [9.17, 15) is 13.6 Å². The molecule has 1 atom stereocenters. The highest BCUT2D eigenvalue weighted by molar-refractivity contribution is 5.85. The maximum absolute atomic E-state index is 13.7. The average Bonchev–Trinajstić information content (AvgIpc) is 2.43. The van der Waals surface area contributed by atoms with Gasteiger partial charge < -0.3 is 16.0 Å². The summed E-state index contributed by atoms with van der Waals surface area (Å²) in [6.45, 7) is 3.10. The van der Waals surface area contributed by atoms with Crippen LogP contribution in [0.2, 0.25) is 0 Å². The SMILES string of the molecule is CCCNc1nc(NC2CCCNC2=O)c(F)cc1F. The zero-order valence-corrected chi connectivity index (χ0v) is 11.3. The van der Waals surface area contributed by atoms with Gasteiger partial charge in [-0.3, -0.25) is 4.79 Å². The number of nitrogens with one attached hydrogen (secondary N) is 3. The van der Waals surface area contributed by atoms with Gasteiger partial charge >= 0.3 is 0 Å². The van der Waals surface area contributed by atoms with Crippen molar-refractivity contribution in [3.8, 4) is 0 Å². The molecule has 1 amide bonds. The number of aromatic nitrogens is 1. The summed E-state index contributed by atoms with van der Waals surface area (Å²) in [5.74, 6) is -1.85. The number of piperidine rings is 1. The van der Waals surface area contributed by atoms with Gasteiger partial charge in [0.05, 0.1) is 0 Å². The van der Waals surface area contributed by atoms with Crippen LogP contribution in [0.15, 0.2) is 6.07 Å². The number of halogens is 2. The Morgan fingerprint density at radius 1 is 1.40 bits per heavy atom. The molecule has 1 aromatic heterocycles. The smallest absolute Gasteiger partial charge is 0.242 e. The largest absolute Gasteiger partial charge is 0.368 e. The first kappa shape index (κ1) is 14.5. The van der Waals surface area contributed by atoms with E-state index in [2.05, 4.69) is 20.9 Å². The molecule has 5 nitrogen and oxygen atoms in total. The minimum Gasteiger partial charge on any atom is -0.368 e. The second-order valence-corrected chi connectivity index (χ2v) is 4.71. The highest BCUT2D eigenvalue weighted by atomic mass is 19.1. The molecule has 110 valence electrons. The Morgan fingerprint density at radius 2 is 2.15 bits per heavy atom. The molecule has 1 unspecified atom stereocenters. The van der Waals surface area contributed by atoms with E-state index in [1.807, 2.05) is 6.92 Å². The van der Waals surface area contributed by atoms with Crippen molar-refractivity contribution in [3.63, 3.8) is 0 Å². The van der Waals surface area contributed by atoms with Crippen LogP contribution in [0.25, 0.3) is 0 Å². The normalized spacial score (nSPS) is 18.6. The molecule has 20 heavy (non-hydrogen) atoms. The van der Waals surface area contributed by atoms with Crippen molar-refractivity contribution >= 4 is 17.5 Å². The van der Waals surface area contributed by atoms with Crippen molar-refractivity contribution in [2.75, 3.05) is 23.7 Å². The third-order valence-electron chi connectivity index (χ3n) is 3.07. The molecule has 0 saturated carbocycles. The first-order valence-corrected chi connectivity index (χ1v) is 6.76. The lowest BCUT2D eigenvalue weighted by Gasteiger charge is -2.23. The number of amides is 1. The van der Waals surface area contributed by atoms with Crippen LogP contribution in [0.1, 0.15) is 26.2 Å². The molecule has 1 fully saturated rings. The molecule has 0 radical (unpaired) electrons. The van der Waals surface area contributed by atoms with E-state index < -0.39 is 17.7 Å². The molecular weight excluding hydrogens is 266 g/mol. The summed E-state index contributed by atoms with van der Waals surface area (Å²) in [4.78, 5) is 15.5. The van der Waals surface area contributed by atoms with E-state index in [-0.39, 0.29) is 17.5 Å². The minimum absolute atomic E-state index is 0.00744. The third-order valence-corrected chi connectivity index (χ3v) is 3.07. The Balaban J connectivity index is 2.15. The third kappa shape index (κ3) is 3.34. The lowest BCUT2D eigenvalue weighted by atomic mass is 10.1. The second kappa shape index (κ2) is 6.49. The topological polar surface area (TPSA) is 66.1 Å². The molecule has 1 aliphatic rings. The summed E-state index contributed by atoms with van der Waals surface area (Å²) in [5.41, 5.74) is 0. The van der Waals surface area contributed by atoms with Crippen LogP contribution in [0.3, 0.4) is 0 Å². The van der Waals surface area contributed by atoms with E-state index >= 15 is 0 Å². The highest BCUT2D eigenvalue weighted by Crippen LogP contribution is 2.21. The fraction of sp³-hybridized carbons (Fsp3) is 0.538. The molecule has 7 heteroatoms. The molecule has 2 heterocycles. The van der Waals surface area contributed by atoms with Gasteiger partial charge in [-0.05, 0) is 19.3 Å². The van der Waals surface area contributed by atoms with E-state index in [1.165, 1.54) is 0 Å². The molecule has 2 rings (SSSR count). The number of carbonyl (C=O) groups excluding carboxylic acids is 1. The summed E-state index contributed by atoms with van der Waals surface area (Å²) in [5, 5.41) is 8.21. The number of anilines is 2. The minimum atomic E-state index is -0.803. The van der Waals surface area contributed by atoms with Crippen LogP contribution < -0.4 is 16.0 Å². The summed E-state index contributed by atoms with van der Waals surface area (Å²) in [6, 6.07) is 0.240. The predicted octanol–water partition coefficient (Wildman–Crippen LogP) is 1.87. The molecule has 1 aromatic rings. The van der Waals surface area contributed by atoms with E-state index in [4.69, 9.17) is 0 Å². The monoisotopic (exact) mass is 284 g/mol.